The van der Waals surface area contributed by atoms with E-state index in [1.165, 1.54) is 22.8 Å². The molecular weight excluding hydrogens is 257 g/mol. The van der Waals surface area contributed by atoms with Gasteiger partial charge in [-0.25, -0.2) is 4.39 Å². The van der Waals surface area contributed by atoms with Gasteiger partial charge >= 0.3 is 0 Å². The van der Waals surface area contributed by atoms with Gasteiger partial charge < -0.3 is 5.73 Å². The first-order valence-corrected chi connectivity index (χ1v) is 7.26. The quantitative estimate of drug-likeness (QED) is 0.845. The van der Waals surface area contributed by atoms with Crippen molar-refractivity contribution < 1.29 is 4.39 Å². The zero-order valence-corrected chi connectivity index (χ0v) is 12.0. The van der Waals surface area contributed by atoms with Gasteiger partial charge in [0.1, 0.15) is 5.82 Å². The smallest absolute Gasteiger partial charge is 0.124 e. The predicted molar refractivity (Wildman–Crippen MR) is 80.0 cm³/mol. The third-order valence-corrected chi connectivity index (χ3v) is 4.17. The van der Waals surface area contributed by atoms with Gasteiger partial charge in [-0.1, -0.05) is 29.8 Å². The summed E-state index contributed by atoms with van der Waals surface area (Å²) in [6.07, 6.45) is 0. The molecule has 1 atom stereocenters. The zero-order valence-electron chi connectivity index (χ0n) is 11.2. The van der Waals surface area contributed by atoms with Crippen molar-refractivity contribution in [2.75, 3.05) is 5.75 Å². The molecule has 100 valence electrons. The van der Waals surface area contributed by atoms with Crippen LogP contribution in [0.25, 0.3) is 0 Å². The van der Waals surface area contributed by atoms with Crippen molar-refractivity contribution in [1.29, 1.82) is 0 Å². The van der Waals surface area contributed by atoms with Crippen molar-refractivity contribution in [3.63, 3.8) is 0 Å². The van der Waals surface area contributed by atoms with Crippen LogP contribution in [-0.4, -0.2) is 5.75 Å². The molecule has 2 rings (SSSR count). The van der Waals surface area contributed by atoms with Crippen molar-refractivity contribution >= 4 is 11.8 Å². The van der Waals surface area contributed by atoms with E-state index in [2.05, 4.69) is 32.0 Å². The van der Waals surface area contributed by atoms with Gasteiger partial charge in [-0.05, 0) is 43.2 Å². The van der Waals surface area contributed by atoms with Crippen molar-refractivity contribution in [3.05, 3.63) is 65.0 Å². The second kappa shape index (κ2) is 6.22. The van der Waals surface area contributed by atoms with Gasteiger partial charge in [0.2, 0.25) is 0 Å². The lowest BCUT2D eigenvalue weighted by atomic mass is 10.0. The van der Waals surface area contributed by atoms with Crippen LogP contribution in [0.15, 0.2) is 47.4 Å². The molecule has 0 spiro atoms. The first kappa shape index (κ1) is 14.1. The summed E-state index contributed by atoms with van der Waals surface area (Å²) in [5.74, 6) is 0.540. The molecule has 1 unspecified atom stereocenters. The van der Waals surface area contributed by atoms with Crippen molar-refractivity contribution in [1.82, 2.24) is 0 Å². The Kier molecular flexibility index (Phi) is 4.61. The van der Waals surface area contributed by atoms with Gasteiger partial charge in [0, 0.05) is 16.7 Å². The molecule has 0 aliphatic rings. The normalized spacial score (nSPS) is 12.4. The fourth-order valence-electron chi connectivity index (χ4n) is 1.99. The molecule has 0 aliphatic heterocycles. The minimum atomic E-state index is -0.203. The highest BCUT2D eigenvalue weighted by atomic mass is 32.2. The van der Waals surface area contributed by atoms with Crippen molar-refractivity contribution in [2.45, 2.75) is 24.8 Å². The van der Waals surface area contributed by atoms with Gasteiger partial charge in [0.15, 0.2) is 0 Å². The van der Waals surface area contributed by atoms with E-state index in [-0.39, 0.29) is 11.9 Å². The van der Waals surface area contributed by atoms with E-state index >= 15 is 0 Å². The number of thioether (sulfide) groups is 1. The number of aryl methyl sites for hydroxylation is 2. The summed E-state index contributed by atoms with van der Waals surface area (Å²) in [5, 5.41) is 0. The molecule has 2 aromatic carbocycles. The Morgan fingerprint density at radius 1 is 1.16 bits per heavy atom. The van der Waals surface area contributed by atoms with E-state index < -0.39 is 0 Å². The molecular formula is C16H18FNS. The molecule has 0 amide bonds. The number of rotatable bonds is 4. The summed E-state index contributed by atoms with van der Waals surface area (Å²) >= 11 is 1.59. The summed E-state index contributed by atoms with van der Waals surface area (Å²) in [6, 6.07) is 12.9. The average Bonchev–Trinajstić information content (AvgIpc) is 2.39. The number of halogens is 1. The van der Waals surface area contributed by atoms with E-state index in [1.54, 1.807) is 23.9 Å². The highest BCUT2D eigenvalue weighted by Crippen LogP contribution is 2.26. The average molecular weight is 275 g/mol. The Morgan fingerprint density at radius 2 is 1.95 bits per heavy atom. The lowest BCUT2D eigenvalue weighted by molar-refractivity contribution is 0.624. The molecule has 1 nitrogen and oxygen atoms in total. The summed E-state index contributed by atoms with van der Waals surface area (Å²) in [7, 11) is 0. The van der Waals surface area contributed by atoms with Crippen LogP contribution in [0.2, 0.25) is 0 Å². The maximum absolute atomic E-state index is 13.1. The maximum Gasteiger partial charge on any atom is 0.124 e. The summed E-state index contributed by atoms with van der Waals surface area (Å²) in [4.78, 5) is 0.917. The van der Waals surface area contributed by atoms with Gasteiger partial charge in [-0.3, -0.25) is 0 Å². The molecule has 0 saturated carbocycles. The second-order valence-corrected chi connectivity index (χ2v) is 5.83. The molecule has 3 heteroatoms. The molecule has 19 heavy (non-hydrogen) atoms. The molecule has 0 aliphatic carbocycles. The van der Waals surface area contributed by atoms with Crippen LogP contribution in [0.3, 0.4) is 0 Å². The third kappa shape index (κ3) is 3.82. The SMILES string of the molecule is Cc1ccc(C)c(C(N)CSc2cccc(F)c2)c1. The van der Waals surface area contributed by atoms with Crippen LogP contribution >= 0.6 is 11.8 Å². The van der Waals surface area contributed by atoms with Gasteiger partial charge in [0.05, 0.1) is 0 Å². The van der Waals surface area contributed by atoms with Crippen molar-refractivity contribution in [2.24, 2.45) is 5.73 Å². The van der Waals surface area contributed by atoms with Crippen molar-refractivity contribution in [3.8, 4) is 0 Å². The van der Waals surface area contributed by atoms with E-state index in [9.17, 15) is 4.39 Å². The second-order valence-electron chi connectivity index (χ2n) is 4.73. The summed E-state index contributed by atoms with van der Waals surface area (Å²) < 4.78 is 13.1. The number of hydrogen-bond donors (Lipinski definition) is 1. The van der Waals surface area contributed by atoms with E-state index in [0.717, 1.165) is 10.6 Å². The monoisotopic (exact) mass is 275 g/mol. The Balaban J connectivity index is 2.05. The maximum atomic E-state index is 13.1. The van der Waals surface area contributed by atoms with Crippen LogP contribution in [0.1, 0.15) is 22.7 Å². The van der Waals surface area contributed by atoms with E-state index in [1.807, 2.05) is 6.07 Å². The first-order chi connectivity index (χ1) is 9.06. The summed E-state index contributed by atoms with van der Waals surface area (Å²) in [6.45, 7) is 4.14. The van der Waals surface area contributed by atoms with E-state index in [0.29, 0.717) is 0 Å². The van der Waals surface area contributed by atoms with Crippen LogP contribution in [0, 0.1) is 19.7 Å². The molecule has 0 bridgehead atoms. The van der Waals surface area contributed by atoms with Gasteiger partial charge in [-0.15, -0.1) is 11.8 Å². The van der Waals surface area contributed by atoms with Crippen LogP contribution in [0.4, 0.5) is 4.39 Å². The molecule has 0 heterocycles. The highest BCUT2D eigenvalue weighted by Gasteiger charge is 2.10. The lowest BCUT2D eigenvalue weighted by Crippen LogP contribution is -2.14. The van der Waals surface area contributed by atoms with Gasteiger partial charge in [0.25, 0.3) is 0 Å². The number of benzene rings is 2. The number of nitrogens with two attached hydrogens (primary N) is 1. The topological polar surface area (TPSA) is 26.0 Å². The predicted octanol–water partition coefficient (Wildman–Crippen LogP) is 4.23. The summed E-state index contributed by atoms with van der Waals surface area (Å²) in [5.41, 5.74) is 9.83. The molecule has 0 saturated heterocycles. The third-order valence-electron chi connectivity index (χ3n) is 3.06. The molecule has 0 aromatic heterocycles. The highest BCUT2D eigenvalue weighted by molar-refractivity contribution is 7.99. The van der Waals surface area contributed by atoms with Crippen LogP contribution < -0.4 is 5.73 Å². The minimum Gasteiger partial charge on any atom is -0.323 e. The van der Waals surface area contributed by atoms with Crippen LogP contribution in [-0.2, 0) is 0 Å². The zero-order chi connectivity index (χ0) is 13.8. The standard InChI is InChI=1S/C16H18FNS/c1-11-6-7-12(2)15(8-11)16(18)10-19-14-5-3-4-13(17)9-14/h3-9,16H,10,18H2,1-2H3. The molecule has 0 radical (unpaired) electrons. The Labute approximate surface area is 118 Å². The molecule has 2 aromatic rings. The minimum absolute atomic E-state index is 0.0341. The first-order valence-electron chi connectivity index (χ1n) is 6.27. The number of hydrogen-bond acceptors (Lipinski definition) is 2. The fourth-order valence-corrected chi connectivity index (χ4v) is 2.91. The fraction of sp³-hybridized carbons (Fsp3) is 0.250. The Bertz CT molecular complexity index is 568. The molecule has 0 fully saturated rings. The largest absolute Gasteiger partial charge is 0.323 e. The molecule has 2 N–H and O–H groups in total. The lowest BCUT2D eigenvalue weighted by Gasteiger charge is -2.15. The van der Waals surface area contributed by atoms with Gasteiger partial charge in [-0.2, -0.15) is 0 Å². The Morgan fingerprint density at radius 3 is 2.68 bits per heavy atom. The van der Waals surface area contributed by atoms with Crippen LogP contribution in [0.5, 0.6) is 0 Å². The van der Waals surface area contributed by atoms with E-state index in [4.69, 9.17) is 5.73 Å². The Hall–Kier alpha value is -1.32.